The lowest BCUT2D eigenvalue weighted by Gasteiger charge is -2.12. The monoisotopic (exact) mass is 214 g/mol. The first-order valence-corrected chi connectivity index (χ1v) is 5.39. The van der Waals surface area contributed by atoms with E-state index in [2.05, 4.69) is 10.6 Å². The maximum absolute atomic E-state index is 11.5. The fraction of sp³-hybridized carbons (Fsp3) is 0.800. The molecule has 86 valence electrons. The van der Waals surface area contributed by atoms with Gasteiger partial charge in [0.05, 0.1) is 6.61 Å². The SMILES string of the molecule is O=C(CC1CCCCNC1=O)NCCO. The summed E-state index contributed by atoms with van der Waals surface area (Å²) >= 11 is 0. The average molecular weight is 214 g/mol. The molecule has 1 fully saturated rings. The quantitative estimate of drug-likeness (QED) is 0.585. The molecule has 0 aromatic heterocycles. The van der Waals surface area contributed by atoms with Crippen LogP contribution in [-0.2, 0) is 9.59 Å². The molecule has 1 aliphatic rings. The third-order valence-corrected chi connectivity index (χ3v) is 2.52. The Morgan fingerprint density at radius 2 is 2.33 bits per heavy atom. The molecule has 0 saturated carbocycles. The van der Waals surface area contributed by atoms with Crippen LogP contribution in [0.3, 0.4) is 0 Å². The number of carbonyl (C=O) groups excluding carboxylic acids is 2. The van der Waals surface area contributed by atoms with E-state index in [1.165, 1.54) is 0 Å². The minimum absolute atomic E-state index is 0.0216. The summed E-state index contributed by atoms with van der Waals surface area (Å²) in [6.45, 7) is 0.906. The van der Waals surface area contributed by atoms with Gasteiger partial charge in [0.2, 0.25) is 11.8 Å². The van der Waals surface area contributed by atoms with Crippen LogP contribution in [0.5, 0.6) is 0 Å². The molecule has 0 aliphatic carbocycles. The van der Waals surface area contributed by atoms with Gasteiger partial charge < -0.3 is 15.7 Å². The number of hydrogen-bond donors (Lipinski definition) is 3. The molecule has 0 aromatic rings. The van der Waals surface area contributed by atoms with Crippen LogP contribution in [0.2, 0.25) is 0 Å². The summed E-state index contributed by atoms with van der Waals surface area (Å²) in [5.74, 6) is -0.385. The van der Waals surface area contributed by atoms with E-state index in [9.17, 15) is 9.59 Å². The van der Waals surface area contributed by atoms with Gasteiger partial charge in [0, 0.05) is 25.4 Å². The van der Waals surface area contributed by atoms with Crippen molar-refractivity contribution in [3.05, 3.63) is 0 Å². The zero-order valence-corrected chi connectivity index (χ0v) is 8.79. The number of rotatable bonds is 4. The van der Waals surface area contributed by atoms with Crippen molar-refractivity contribution in [2.75, 3.05) is 19.7 Å². The van der Waals surface area contributed by atoms with Gasteiger partial charge in [-0.1, -0.05) is 6.42 Å². The number of aliphatic hydroxyl groups is 1. The Bertz CT molecular complexity index is 231. The molecule has 0 radical (unpaired) electrons. The third kappa shape index (κ3) is 4.29. The van der Waals surface area contributed by atoms with Crippen LogP contribution in [0, 0.1) is 5.92 Å². The Morgan fingerprint density at radius 3 is 3.07 bits per heavy atom. The van der Waals surface area contributed by atoms with Crippen molar-refractivity contribution >= 4 is 11.8 Å². The molecule has 1 saturated heterocycles. The van der Waals surface area contributed by atoms with Crippen LogP contribution >= 0.6 is 0 Å². The Labute approximate surface area is 89.2 Å². The highest BCUT2D eigenvalue weighted by atomic mass is 16.3. The van der Waals surface area contributed by atoms with Gasteiger partial charge in [0.1, 0.15) is 0 Å². The van der Waals surface area contributed by atoms with Crippen LogP contribution in [0.15, 0.2) is 0 Å². The first kappa shape index (κ1) is 12.0. The second-order valence-electron chi connectivity index (χ2n) is 3.76. The fourth-order valence-electron chi connectivity index (χ4n) is 1.69. The Balaban J connectivity index is 2.34. The first-order chi connectivity index (χ1) is 7.24. The molecule has 15 heavy (non-hydrogen) atoms. The first-order valence-electron chi connectivity index (χ1n) is 5.39. The van der Waals surface area contributed by atoms with Crippen LogP contribution in [-0.4, -0.2) is 36.6 Å². The van der Waals surface area contributed by atoms with Crippen molar-refractivity contribution in [3.8, 4) is 0 Å². The predicted molar refractivity (Wildman–Crippen MR) is 55.1 cm³/mol. The second kappa shape index (κ2) is 6.40. The van der Waals surface area contributed by atoms with Gasteiger partial charge in [-0.05, 0) is 12.8 Å². The molecule has 0 aromatic carbocycles. The fourth-order valence-corrected chi connectivity index (χ4v) is 1.69. The van der Waals surface area contributed by atoms with Crippen molar-refractivity contribution in [3.63, 3.8) is 0 Å². The molecule has 0 spiro atoms. The van der Waals surface area contributed by atoms with Crippen molar-refractivity contribution < 1.29 is 14.7 Å². The highest BCUT2D eigenvalue weighted by Gasteiger charge is 2.22. The van der Waals surface area contributed by atoms with E-state index in [1.54, 1.807) is 0 Å². The van der Waals surface area contributed by atoms with Crippen LogP contribution in [0.25, 0.3) is 0 Å². The van der Waals surface area contributed by atoms with E-state index >= 15 is 0 Å². The molecule has 5 heteroatoms. The summed E-state index contributed by atoms with van der Waals surface area (Å²) in [6.07, 6.45) is 2.97. The number of carbonyl (C=O) groups is 2. The summed E-state index contributed by atoms with van der Waals surface area (Å²) in [5, 5.41) is 13.9. The molecule has 5 nitrogen and oxygen atoms in total. The number of hydrogen-bond acceptors (Lipinski definition) is 3. The van der Waals surface area contributed by atoms with Crippen molar-refractivity contribution in [1.82, 2.24) is 10.6 Å². The van der Waals surface area contributed by atoms with E-state index in [0.29, 0.717) is 6.54 Å². The highest BCUT2D eigenvalue weighted by molar-refractivity contribution is 5.85. The molecule has 1 rings (SSSR count). The molecule has 1 heterocycles. The molecule has 1 aliphatic heterocycles. The lowest BCUT2D eigenvalue weighted by Crippen LogP contribution is -2.34. The second-order valence-corrected chi connectivity index (χ2v) is 3.76. The van der Waals surface area contributed by atoms with Crippen LogP contribution in [0.1, 0.15) is 25.7 Å². The van der Waals surface area contributed by atoms with E-state index in [-0.39, 0.29) is 37.3 Å². The van der Waals surface area contributed by atoms with Crippen molar-refractivity contribution in [2.24, 2.45) is 5.92 Å². The van der Waals surface area contributed by atoms with E-state index in [1.807, 2.05) is 0 Å². The van der Waals surface area contributed by atoms with E-state index < -0.39 is 0 Å². The predicted octanol–water partition coefficient (Wildman–Crippen LogP) is -0.599. The summed E-state index contributed by atoms with van der Waals surface area (Å²) in [5.41, 5.74) is 0. The molecular weight excluding hydrogens is 196 g/mol. The van der Waals surface area contributed by atoms with Gasteiger partial charge in [0.15, 0.2) is 0 Å². The summed E-state index contributed by atoms with van der Waals surface area (Å²) in [4.78, 5) is 22.8. The van der Waals surface area contributed by atoms with Gasteiger partial charge in [-0.25, -0.2) is 0 Å². The van der Waals surface area contributed by atoms with Crippen LogP contribution in [0.4, 0.5) is 0 Å². The zero-order valence-electron chi connectivity index (χ0n) is 8.79. The zero-order chi connectivity index (χ0) is 11.1. The number of nitrogens with one attached hydrogen (secondary N) is 2. The molecular formula is C10H18N2O3. The third-order valence-electron chi connectivity index (χ3n) is 2.52. The Hall–Kier alpha value is -1.10. The van der Waals surface area contributed by atoms with E-state index in [0.717, 1.165) is 19.3 Å². The van der Waals surface area contributed by atoms with Gasteiger partial charge in [-0.15, -0.1) is 0 Å². The normalized spacial score (nSPS) is 21.7. The maximum Gasteiger partial charge on any atom is 0.223 e. The van der Waals surface area contributed by atoms with Crippen LogP contribution < -0.4 is 10.6 Å². The molecule has 0 bridgehead atoms. The smallest absolute Gasteiger partial charge is 0.223 e. The molecule has 3 N–H and O–H groups in total. The average Bonchev–Trinajstić information content (AvgIpc) is 2.42. The standard InChI is InChI=1S/C10H18N2O3/c13-6-5-11-9(14)7-8-3-1-2-4-12-10(8)15/h8,13H,1-7H2,(H,11,14)(H,12,15). The van der Waals surface area contributed by atoms with Gasteiger partial charge in [-0.3, -0.25) is 9.59 Å². The van der Waals surface area contributed by atoms with Gasteiger partial charge in [-0.2, -0.15) is 0 Å². The minimum Gasteiger partial charge on any atom is -0.395 e. The summed E-state index contributed by atoms with van der Waals surface area (Å²) in [7, 11) is 0. The lowest BCUT2D eigenvalue weighted by atomic mass is 9.98. The minimum atomic E-state index is -0.203. The highest BCUT2D eigenvalue weighted by Crippen LogP contribution is 2.15. The van der Waals surface area contributed by atoms with Crippen molar-refractivity contribution in [1.29, 1.82) is 0 Å². The molecule has 2 amide bonds. The lowest BCUT2D eigenvalue weighted by molar-refractivity contribution is -0.130. The Morgan fingerprint density at radius 1 is 1.53 bits per heavy atom. The van der Waals surface area contributed by atoms with E-state index in [4.69, 9.17) is 5.11 Å². The topological polar surface area (TPSA) is 78.4 Å². The molecule has 1 atom stereocenters. The Kier molecular flexibility index (Phi) is 5.10. The summed E-state index contributed by atoms with van der Waals surface area (Å²) < 4.78 is 0. The van der Waals surface area contributed by atoms with Crippen molar-refractivity contribution in [2.45, 2.75) is 25.7 Å². The largest absolute Gasteiger partial charge is 0.395 e. The van der Waals surface area contributed by atoms with Gasteiger partial charge in [0.25, 0.3) is 0 Å². The van der Waals surface area contributed by atoms with Gasteiger partial charge >= 0.3 is 0 Å². The summed E-state index contributed by atoms with van der Waals surface area (Å²) in [6, 6.07) is 0. The number of aliphatic hydroxyl groups excluding tert-OH is 1. The maximum atomic E-state index is 11.5. The number of amides is 2. The molecule has 1 unspecified atom stereocenters.